The average Bonchev–Trinajstić information content (AvgIpc) is 3.05. The summed E-state index contributed by atoms with van der Waals surface area (Å²) in [7, 11) is 1.72. The number of carbonyl (C=O) groups excluding carboxylic acids is 2. The fourth-order valence-corrected chi connectivity index (χ4v) is 3.20. The molecule has 30 heavy (non-hydrogen) atoms. The summed E-state index contributed by atoms with van der Waals surface area (Å²) < 4.78 is 0. The number of likely N-dealkylation sites (tertiary alicyclic amines) is 1. The van der Waals surface area contributed by atoms with Crippen molar-refractivity contribution in [3.8, 4) is 0 Å². The predicted molar refractivity (Wildman–Crippen MR) is 132 cm³/mol. The second-order valence-corrected chi connectivity index (χ2v) is 8.53. The van der Waals surface area contributed by atoms with Gasteiger partial charge in [-0.2, -0.15) is 0 Å². The molecule has 1 saturated heterocycles. The average molecular weight is 529 g/mol. The third-order valence-corrected chi connectivity index (χ3v) is 4.97. The molecule has 0 radical (unpaired) electrons. The Morgan fingerprint density at radius 3 is 2.43 bits per heavy atom. The van der Waals surface area contributed by atoms with Crippen LogP contribution in [0.25, 0.3) is 0 Å². The minimum Gasteiger partial charge on any atom is -0.356 e. The minimum absolute atomic E-state index is 0. The van der Waals surface area contributed by atoms with Crippen molar-refractivity contribution in [2.45, 2.75) is 33.6 Å². The lowest BCUT2D eigenvalue weighted by Crippen LogP contribution is -2.44. The van der Waals surface area contributed by atoms with Crippen LogP contribution in [0.2, 0.25) is 0 Å². The zero-order valence-electron chi connectivity index (χ0n) is 18.5. The number of guanidine groups is 1. The molecule has 1 aliphatic rings. The van der Waals surface area contributed by atoms with Crippen molar-refractivity contribution < 1.29 is 9.59 Å². The summed E-state index contributed by atoms with van der Waals surface area (Å²) in [5.41, 5.74) is 0.867. The van der Waals surface area contributed by atoms with Crippen LogP contribution in [0.3, 0.4) is 0 Å². The molecule has 1 aliphatic heterocycles. The van der Waals surface area contributed by atoms with Crippen molar-refractivity contribution in [2.75, 3.05) is 39.8 Å². The Morgan fingerprint density at radius 1 is 1.13 bits per heavy atom. The van der Waals surface area contributed by atoms with E-state index >= 15 is 0 Å². The van der Waals surface area contributed by atoms with Crippen LogP contribution in [-0.2, 0) is 16.0 Å². The molecule has 2 rings (SSSR count). The van der Waals surface area contributed by atoms with Gasteiger partial charge in [-0.3, -0.25) is 14.6 Å². The van der Waals surface area contributed by atoms with Crippen molar-refractivity contribution in [3.63, 3.8) is 0 Å². The van der Waals surface area contributed by atoms with Crippen molar-refractivity contribution in [3.05, 3.63) is 35.9 Å². The van der Waals surface area contributed by atoms with Crippen LogP contribution < -0.4 is 16.0 Å². The topological polar surface area (TPSA) is 85.8 Å². The summed E-state index contributed by atoms with van der Waals surface area (Å²) in [5, 5.41) is 9.39. The van der Waals surface area contributed by atoms with Crippen LogP contribution in [-0.4, -0.2) is 62.4 Å². The molecule has 8 heteroatoms. The summed E-state index contributed by atoms with van der Waals surface area (Å²) in [6.07, 6.45) is 1.46. The van der Waals surface area contributed by atoms with Gasteiger partial charge in [0.1, 0.15) is 0 Å². The standard InChI is InChI=1S/C22H35N5O2.HI/c1-22(2,3)20(29)24-11-12-25-21(23-4)26-15-18-14-19(28)27(16-18)13-10-17-8-6-5-7-9-17;/h5-9,18H,10-16H2,1-4H3,(H,24,29)(H2,23,25,26);1H. The normalized spacial score (nSPS) is 16.8. The van der Waals surface area contributed by atoms with E-state index in [-0.39, 0.29) is 47.1 Å². The minimum atomic E-state index is -0.388. The van der Waals surface area contributed by atoms with Gasteiger partial charge in [-0.25, -0.2) is 0 Å². The number of rotatable bonds is 8. The lowest BCUT2D eigenvalue weighted by atomic mass is 9.96. The van der Waals surface area contributed by atoms with Gasteiger partial charge in [0.05, 0.1) is 0 Å². The predicted octanol–water partition coefficient (Wildman–Crippen LogP) is 2.02. The van der Waals surface area contributed by atoms with Gasteiger partial charge < -0.3 is 20.9 Å². The molecule has 0 bridgehead atoms. The quantitative estimate of drug-likeness (QED) is 0.208. The summed E-state index contributed by atoms with van der Waals surface area (Å²) in [6, 6.07) is 10.3. The molecule has 0 aliphatic carbocycles. The van der Waals surface area contributed by atoms with Crippen molar-refractivity contribution in [1.29, 1.82) is 0 Å². The lowest BCUT2D eigenvalue weighted by molar-refractivity contribution is -0.128. The van der Waals surface area contributed by atoms with E-state index in [0.717, 1.165) is 19.5 Å². The van der Waals surface area contributed by atoms with Crippen LogP contribution in [0.1, 0.15) is 32.8 Å². The third kappa shape index (κ3) is 8.89. The van der Waals surface area contributed by atoms with E-state index in [1.54, 1.807) is 7.05 Å². The summed E-state index contributed by atoms with van der Waals surface area (Å²) in [4.78, 5) is 30.3. The molecule has 168 valence electrons. The molecule has 1 fully saturated rings. The van der Waals surface area contributed by atoms with E-state index in [0.29, 0.717) is 32.0 Å². The Morgan fingerprint density at radius 2 is 1.80 bits per heavy atom. The fraction of sp³-hybridized carbons (Fsp3) is 0.591. The highest BCUT2D eigenvalue weighted by Crippen LogP contribution is 2.17. The van der Waals surface area contributed by atoms with Crippen LogP contribution in [0, 0.1) is 11.3 Å². The van der Waals surface area contributed by atoms with Crippen molar-refractivity contribution >= 4 is 41.8 Å². The number of nitrogens with one attached hydrogen (secondary N) is 3. The SMILES string of the molecule is CN=C(NCCNC(=O)C(C)(C)C)NCC1CC(=O)N(CCc2ccccc2)C1.I. The van der Waals surface area contributed by atoms with Crippen molar-refractivity contribution in [2.24, 2.45) is 16.3 Å². The molecule has 1 atom stereocenters. The molecule has 0 saturated carbocycles. The lowest BCUT2D eigenvalue weighted by Gasteiger charge is -2.19. The molecule has 1 heterocycles. The maximum Gasteiger partial charge on any atom is 0.225 e. The van der Waals surface area contributed by atoms with Crippen LogP contribution in [0.5, 0.6) is 0 Å². The highest BCUT2D eigenvalue weighted by molar-refractivity contribution is 14.0. The van der Waals surface area contributed by atoms with Crippen LogP contribution in [0.4, 0.5) is 0 Å². The number of benzene rings is 1. The highest BCUT2D eigenvalue weighted by atomic mass is 127. The van der Waals surface area contributed by atoms with Crippen LogP contribution >= 0.6 is 24.0 Å². The smallest absolute Gasteiger partial charge is 0.225 e. The zero-order chi connectivity index (χ0) is 21.3. The van der Waals surface area contributed by atoms with Gasteiger partial charge in [0, 0.05) is 57.5 Å². The maximum atomic E-state index is 12.3. The van der Waals surface area contributed by atoms with Crippen molar-refractivity contribution in [1.82, 2.24) is 20.9 Å². The molecular formula is C22H36IN5O2. The second-order valence-electron chi connectivity index (χ2n) is 8.53. The van der Waals surface area contributed by atoms with Gasteiger partial charge in [0.15, 0.2) is 5.96 Å². The van der Waals surface area contributed by atoms with E-state index in [2.05, 4.69) is 33.1 Å². The second kappa shape index (κ2) is 12.8. The van der Waals surface area contributed by atoms with Gasteiger partial charge in [0.2, 0.25) is 11.8 Å². The third-order valence-electron chi connectivity index (χ3n) is 4.97. The van der Waals surface area contributed by atoms with E-state index < -0.39 is 0 Å². The molecule has 0 aromatic heterocycles. The van der Waals surface area contributed by atoms with E-state index in [1.807, 2.05) is 43.9 Å². The number of hydrogen-bond donors (Lipinski definition) is 3. The number of nitrogens with zero attached hydrogens (tertiary/aromatic N) is 2. The molecule has 0 spiro atoms. The van der Waals surface area contributed by atoms with E-state index in [9.17, 15) is 9.59 Å². The molecule has 1 unspecified atom stereocenters. The summed E-state index contributed by atoms with van der Waals surface area (Å²) in [5.74, 6) is 1.21. The summed E-state index contributed by atoms with van der Waals surface area (Å²) in [6.45, 7) is 9.03. The van der Waals surface area contributed by atoms with Crippen LogP contribution in [0.15, 0.2) is 35.3 Å². The number of aliphatic imine (C=N–C) groups is 1. The molecule has 1 aromatic rings. The van der Waals surface area contributed by atoms with E-state index in [1.165, 1.54) is 5.56 Å². The number of hydrogen-bond acceptors (Lipinski definition) is 3. The number of halogens is 1. The first kappa shape index (κ1) is 26.2. The molecule has 1 aromatic carbocycles. The number of carbonyl (C=O) groups is 2. The first-order valence-corrected chi connectivity index (χ1v) is 10.3. The van der Waals surface area contributed by atoms with Gasteiger partial charge in [-0.1, -0.05) is 51.1 Å². The molecular weight excluding hydrogens is 493 g/mol. The molecule has 2 amide bonds. The van der Waals surface area contributed by atoms with Gasteiger partial charge >= 0.3 is 0 Å². The Hall–Kier alpha value is -1.84. The first-order chi connectivity index (χ1) is 13.8. The fourth-order valence-electron chi connectivity index (χ4n) is 3.20. The number of amides is 2. The monoisotopic (exact) mass is 529 g/mol. The Balaban J connectivity index is 0.00000450. The van der Waals surface area contributed by atoms with Gasteiger partial charge in [-0.15, -0.1) is 24.0 Å². The van der Waals surface area contributed by atoms with E-state index in [4.69, 9.17) is 0 Å². The van der Waals surface area contributed by atoms with Gasteiger partial charge in [0.25, 0.3) is 0 Å². The molecule has 7 nitrogen and oxygen atoms in total. The Labute approximate surface area is 197 Å². The Bertz CT molecular complexity index is 703. The largest absolute Gasteiger partial charge is 0.356 e. The van der Waals surface area contributed by atoms with Gasteiger partial charge in [-0.05, 0) is 12.0 Å². The molecule has 3 N–H and O–H groups in total. The zero-order valence-corrected chi connectivity index (χ0v) is 20.9. The first-order valence-electron chi connectivity index (χ1n) is 10.3. The summed E-state index contributed by atoms with van der Waals surface area (Å²) >= 11 is 0. The Kier molecular flexibility index (Phi) is 11.1. The maximum absolute atomic E-state index is 12.3. The highest BCUT2D eigenvalue weighted by Gasteiger charge is 2.29.